The van der Waals surface area contributed by atoms with Gasteiger partial charge >= 0.3 is 0 Å². The van der Waals surface area contributed by atoms with Crippen LogP contribution < -0.4 is 4.72 Å². The van der Waals surface area contributed by atoms with Crippen LogP contribution in [-0.4, -0.2) is 24.0 Å². The number of anilines is 1. The summed E-state index contributed by atoms with van der Waals surface area (Å²) in [6.07, 6.45) is 0. The smallest absolute Gasteiger partial charge is 0.233 e. The molecular formula is C12H14FN3O2S. The molecule has 102 valence electrons. The first-order valence-electron chi connectivity index (χ1n) is 5.74. The van der Waals surface area contributed by atoms with E-state index in [-0.39, 0.29) is 11.6 Å². The Morgan fingerprint density at radius 2 is 1.95 bits per heavy atom. The predicted octanol–water partition coefficient (Wildman–Crippen LogP) is 2.08. The molecule has 0 amide bonds. The molecule has 0 aliphatic heterocycles. The molecule has 0 radical (unpaired) electrons. The molecule has 0 bridgehead atoms. The van der Waals surface area contributed by atoms with E-state index in [0.717, 1.165) is 0 Å². The highest BCUT2D eigenvalue weighted by Gasteiger charge is 2.13. The molecule has 0 saturated heterocycles. The Balaban J connectivity index is 2.44. The highest BCUT2D eigenvalue weighted by atomic mass is 32.2. The summed E-state index contributed by atoms with van der Waals surface area (Å²) in [5.41, 5.74) is 1.25. The van der Waals surface area contributed by atoms with E-state index >= 15 is 0 Å². The van der Waals surface area contributed by atoms with E-state index in [9.17, 15) is 12.8 Å². The second-order valence-electron chi connectivity index (χ2n) is 4.06. The maximum atomic E-state index is 12.9. The molecule has 1 aromatic heterocycles. The number of aryl methyl sites for hydroxylation is 1. The van der Waals surface area contributed by atoms with Gasteiger partial charge in [0.25, 0.3) is 0 Å². The zero-order valence-electron chi connectivity index (χ0n) is 10.6. The summed E-state index contributed by atoms with van der Waals surface area (Å²) in [5.74, 6) is -0.0463. The van der Waals surface area contributed by atoms with Crippen LogP contribution in [0.2, 0.25) is 0 Å². The van der Waals surface area contributed by atoms with E-state index in [1.807, 2.05) is 0 Å². The SMILES string of the molecule is CCS(=O)(=O)Nc1cc(C)nn1-c1ccc(F)cc1. The van der Waals surface area contributed by atoms with E-state index in [1.165, 1.54) is 28.9 Å². The molecular weight excluding hydrogens is 269 g/mol. The number of rotatable bonds is 4. The highest BCUT2D eigenvalue weighted by Crippen LogP contribution is 2.18. The second-order valence-corrected chi connectivity index (χ2v) is 6.08. The van der Waals surface area contributed by atoms with Gasteiger partial charge in [0.1, 0.15) is 11.6 Å². The van der Waals surface area contributed by atoms with E-state index in [1.54, 1.807) is 19.9 Å². The molecule has 7 heteroatoms. The molecule has 0 spiro atoms. The van der Waals surface area contributed by atoms with Gasteiger partial charge in [-0.3, -0.25) is 4.72 Å². The summed E-state index contributed by atoms with van der Waals surface area (Å²) >= 11 is 0. The molecule has 1 N–H and O–H groups in total. The molecule has 0 atom stereocenters. The van der Waals surface area contributed by atoms with Crippen LogP contribution in [0, 0.1) is 12.7 Å². The molecule has 0 saturated carbocycles. The van der Waals surface area contributed by atoms with Gasteiger partial charge in [-0.25, -0.2) is 17.5 Å². The fraction of sp³-hybridized carbons (Fsp3) is 0.250. The molecule has 2 rings (SSSR count). The van der Waals surface area contributed by atoms with Crippen molar-refractivity contribution in [3.63, 3.8) is 0 Å². The summed E-state index contributed by atoms with van der Waals surface area (Å²) in [6.45, 7) is 3.30. The minimum Gasteiger partial charge on any atom is -0.267 e. The largest absolute Gasteiger partial charge is 0.267 e. The lowest BCUT2D eigenvalue weighted by atomic mass is 10.3. The quantitative estimate of drug-likeness (QED) is 0.934. The number of hydrogen-bond donors (Lipinski definition) is 1. The van der Waals surface area contributed by atoms with Gasteiger partial charge in [-0.2, -0.15) is 5.10 Å². The summed E-state index contributed by atoms with van der Waals surface area (Å²) in [6, 6.07) is 7.28. The maximum Gasteiger partial charge on any atom is 0.233 e. The van der Waals surface area contributed by atoms with Gasteiger partial charge in [-0.15, -0.1) is 0 Å². The van der Waals surface area contributed by atoms with E-state index in [4.69, 9.17) is 0 Å². The van der Waals surface area contributed by atoms with Crippen molar-refractivity contribution in [1.82, 2.24) is 9.78 Å². The van der Waals surface area contributed by atoms with Gasteiger partial charge in [0.05, 0.1) is 17.1 Å². The lowest BCUT2D eigenvalue weighted by Gasteiger charge is -2.09. The van der Waals surface area contributed by atoms with Crippen molar-refractivity contribution in [2.75, 3.05) is 10.5 Å². The topological polar surface area (TPSA) is 64.0 Å². The normalized spacial score (nSPS) is 11.5. The number of sulfonamides is 1. The monoisotopic (exact) mass is 283 g/mol. The summed E-state index contributed by atoms with van der Waals surface area (Å²) in [4.78, 5) is 0. The van der Waals surface area contributed by atoms with Crippen molar-refractivity contribution in [3.05, 3.63) is 41.8 Å². The van der Waals surface area contributed by atoms with E-state index < -0.39 is 10.0 Å². The average Bonchev–Trinajstić information content (AvgIpc) is 2.70. The van der Waals surface area contributed by atoms with Crippen molar-refractivity contribution < 1.29 is 12.8 Å². The Kier molecular flexibility index (Phi) is 3.57. The van der Waals surface area contributed by atoms with E-state index in [0.29, 0.717) is 17.2 Å². The molecule has 5 nitrogen and oxygen atoms in total. The van der Waals surface area contributed by atoms with Crippen LogP contribution in [-0.2, 0) is 10.0 Å². The number of hydrogen-bond acceptors (Lipinski definition) is 3. The molecule has 0 aliphatic rings. The lowest BCUT2D eigenvalue weighted by Crippen LogP contribution is -2.17. The zero-order chi connectivity index (χ0) is 14.0. The van der Waals surface area contributed by atoms with Crippen LogP contribution in [0.25, 0.3) is 5.69 Å². The van der Waals surface area contributed by atoms with Gasteiger partial charge in [0.15, 0.2) is 0 Å². The Bertz CT molecular complexity index is 678. The van der Waals surface area contributed by atoms with Crippen molar-refractivity contribution in [2.24, 2.45) is 0 Å². The molecule has 1 heterocycles. The Labute approximate surface area is 111 Å². The second kappa shape index (κ2) is 5.00. The number of aromatic nitrogens is 2. The number of benzene rings is 1. The Hall–Kier alpha value is -1.89. The number of halogens is 1. The fourth-order valence-corrected chi connectivity index (χ4v) is 2.19. The molecule has 2 aromatic rings. The lowest BCUT2D eigenvalue weighted by molar-refractivity contribution is 0.601. The van der Waals surface area contributed by atoms with Crippen LogP contribution in [0.5, 0.6) is 0 Å². The van der Waals surface area contributed by atoms with Gasteiger partial charge in [0.2, 0.25) is 10.0 Å². The van der Waals surface area contributed by atoms with Gasteiger partial charge in [0, 0.05) is 6.07 Å². The van der Waals surface area contributed by atoms with Gasteiger partial charge < -0.3 is 0 Å². The number of nitrogens with zero attached hydrogens (tertiary/aromatic N) is 2. The first-order valence-corrected chi connectivity index (χ1v) is 7.39. The van der Waals surface area contributed by atoms with Gasteiger partial charge in [-0.05, 0) is 38.1 Å². The summed E-state index contributed by atoms with van der Waals surface area (Å²) in [7, 11) is -3.38. The van der Waals surface area contributed by atoms with Crippen molar-refractivity contribution in [1.29, 1.82) is 0 Å². The summed E-state index contributed by atoms with van der Waals surface area (Å²) < 4.78 is 40.0. The Morgan fingerprint density at radius 3 is 2.53 bits per heavy atom. The molecule has 19 heavy (non-hydrogen) atoms. The third-order valence-electron chi connectivity index (χ3n) is 2.54. The standard InChI is InChI=1S/C12H14FN3O2S/c1-3-19(17,18)15-12-8-9(2)14-16(12)11-6-4-10(13)5-7-11/h4-8,15H,3H2,1-2H3. The fourth-order valence-electron chi connectivity index (χ4n) is 1.58. The minimum absolute atomic E-state index is 0.0271. The third-order valence-corrected chi connectivity index (χ3v) is 3.82. The van der Waals surface area contributed by atoms with Crippen molar-refractivity contribution >= 4 is 15.8 Å². The third kappa shape index (κ3) is 3.11. The molecule has 1 aromatic carbocycles. The van der Waals surface area contributed by atoms with Crippen LogP contribution in [0.3, 0.4) is 0 Å². The zero-order valence-corrected chi connectivity index (χ0v) is 11.4. The van der Waals surface area contributed by atoms with Crippen molar-refractivity contribution in [3.8, 4) is 5.69 Å². The highest BCUT2D eigenvalue weighted by molar-refractivity contribution is 7.92. The molecule has 0 unspecified atom stereocenters. The predicted molar refractivity (Wildman–Crippen MR) is 71.3 cm³/mol. The average molecular weight is 283 g/mol. The van der Waals surface area contributed by atoms with Crippen LogP contribution in [0.1, 0.15) is 12.6 Å². The first kappa shape index (κ1) is 13.5. The minimum atomic E-state index is -3.38. The molecule has 0 aliphatic carbocycles. The van der Waals surface area contributed by atoms with Crippen LogP contribution in [0.15, 0.2) is 30.3 Å². The summed E-state index contributed by atoms with van der Waals surface area (Å²) in [5, 5.41) is 4.20. The maximum absolute atomic E-state index is 12.9. The van der Waals surface area contributed by atoms with Crippen LogP contribution in [0.4, 0.5) is 10.2 Å². The molecule has 0 fully saturated rings. The first-order chi connectivity index (χ1) is 8.91. The van der Waals surface area contributed by atoms with E-state index in [2.05, 4.69) is 9.82 Å². The Morgan fingerprint density at radius 1 is 1.32 bits per heavy atom. The number of nitrogens with one attached hydrogen (secondary N) is 1. The van der Waals surface area contributed by atoms with Crippen LogP contribution >= 0.6 is 0 Å². The van der Waals surface area contributed by atoms with Crippen molar-refractivity contribution in [2.45, 2.75) is 13.8 Å². The van der Waals surface area contributed by atoms with Gasteiger partial charge in [-0.1, -0.05) is 0 Å².